The second kappa shape index (κ2) is 1.54. The summed E-state index contributed by atoms with van der Waals surface area (Å²) in [6.45, 7) is 0.377. The summed E-state index contributed by atoms with van der Waals surface area (Å²) < 4.78 is 4.34. The van der Waals surface area contributed by atoms with Crippen LogP contribution in [-0.4, -0.2) is 12.6 Å². The number of cyclic esters (lactones) is 1. The average Bonchev–Trinajstić information content (AvgIpc) is 1.65. The minimum absolute atomic E-state index is 0.296. The zero-order valence-corrected chi connectivity index (χ0v) is 4.23. The molecule has 0 bridgehead atoms. The largest absolute Gasteiger partial charge is 0.457 e. The molecule has 0 aromatic carbocycles. The molecule has 0 aromatic heterocycles. The van der Waals surface area contributed by atoms with Gasteiger partial charge in [-0.25, -0.2) is 4.79 Å². The van der Waals surface area contributed by atoms with Crippen molar-refractivity contribution in [2.45, 2.75) is 0 Å². The summed E-state index contributed by atoms with van der Waals surface area (Å²) in [6, 6.07) is 0. The number of hydrogen-bond acceptors (Lipinski definition) is 2. The summed E-state index contributed by atoms with van der Waals surface area (Å²) in [5, 5.41) is 0. The maximum atomic E-state index is 10.1. The van der Waals surface area contributed by atoms with Crippen LogP contribution in [0, 0.1) is 0 Å². The highest BCUT2D eigenvalue weighted by Crippen LogP contribution is 2.10. The fourth-order valence-electron chi connectivity index (χ4n) is 0.290. The first kappa shape index (κ1) is 4.65. The Balaban J connectivity index is 2.61. The lowest BCUT2D eigenvalue weighted by atomic mass is 10.3. The van der Waals surface area contributed by atoms with Crippen LogP contribution in [0.5, 0.6) is 0 Å². The lowest BCUT2D eigenvalue weighted by molar-refractivity contribution is -0.147. The minimum atomic E-state index is -0.296. The van der Waals surface area contributed by atoms with E-state index in [-0.39, 0.29) is 5.97 Å². The molecule has 0 N–H and O–H groups in total. The Morgan fingerprint density at radius 3 is 2.57 bits per heavy atom. The predicted molar refractivity (Wildman–Crippen MR) is 24.9 cm³/mol. The molecule has 38 valence electrons. The van der Waals surface area contributed by atoms with Crippen molar-refractivity contribution in [2.75, 3.05) is 6.61 Å². The van der Waals surface area contributed by atoms with Crippen molar-refractivity contribution in [3.05, 3.63) is 11.1 Å². The molecular weight excluding hydrogens is 115 g/mol. The fraction of sp³-hybridized carbons (Fsp3) is 0.250. The molecule has 2 nitrogen and oxygen atoms in total. The molecule has 0 aliphatic carbocycles. The van der Waals surface area contributed by atoms with E-state index < -0.39 is 0 Å². The van der Waals surface area contributed by atoms with E-state index in [4.69, 9.17) is 11.6 Å². The topological polar surface area (TPSA) is 26.3 Å². The zero-order valence-electron chi connectivity index (χ0n) is 3.48. The lowest BCUT2D eigenvalue weighted by Crippen LogP contribution is -2.23. The van der Waals surface area contributed by atoms with E-state index in [9.17, 15) is 4.79 Å². The first-order valence-electron chi connectivity index (χ1n) is 1.81. The summed E-state index contributed by atoms with van der Waals surface area (Å²) in [4.78, 5) is 10.1. The van der Waals surface area contributed by atoms with Gasteiger partial charge in [0.1, 0.15) is 6.61 Å². The zero-order chi connectivity index (χ0) is 5.28. The van der Waals surface area contributed by atoms with Gasteiger partial charge in [-0.05, 0) is 0 Å². The quantitative estimate of drug-likeness (QED) is 0.345. The van der Waals surface area contributed by atoms with Crippen molar-refractivity contribution in [3.63, 3.8) is 0 Å². The van der Waals surface area contributed by atoms with Crippen LogP contribution in [0.3, 0.4) is 0 Å². The fourth-order valence-corrected chi connectivity index (χ4v) is 0.443. The maximum absolute atomic E-state index is 10.1. The molecule has 0 atom stereocenters. The molecule has 0 radical (unpaired) electrons. The van der Waals surface area contributed by atoms with Crippen LogP contribution in [0.15, 0.2) is 11.1 Å². The summed E-state index contributed by atoms with van der Waals surface area (Å²) in [5.41, 5.74) is 1.80. The second-order valence-electron chi connectivity index (χ2n) is 1.21. The number of carbonyl (C=O) groups is 1. The highest BCUT2D eigenvalue weighted by Gasteiger charge is 2.20. The third-order valence-corrected chi connectivity index (χ3v) is 1.02. The number of ether oxygens (including phenoxy) is 1. The Kier molecular flexibility index (Phi) is 1.02. The molecule has 1 rings (SSSR count). The van der Waals surface area contributed by atoms with Gasteiger partial charge in [-0.2, -0.15) is 0 Å². The lowest BCUT2D eigenvalue weighted by Gasteiger charge is -2.13. The molecule has 3 heteroatoms. The van der Waals surface area contributed by atoms with Crippen LogP contribution in [0.1, 0.15) is 0 Å². The van der Waals surface area contributed by atoms with Gasteiger partial charge in [-0.1, -0.05) is 11.6 Å². The molecule has 0 saturated carbocycles. The molecule has 1 saturated heterocycles. The van der Waals surface area contributed by atoms with Crippen molar-refractivity contribution in [1.29, 1.82) is 0 Å². The van der Waals surface area contributed by atoms with Crippen LogP contribution in [-0.2, 0) is 9.53 Å². The Bertz CT molecular complexity index is 128. The molecular formula is C4H3ClO2. The van der Waals surface area contributed by atoms with Gasteiger partial charge in [0.05, 0.1) is 5.57 Å². The van der Waals surface area contributed by atoms with Crippen LogP contribution in [0.25, 0.3) is 0 Å². The SMILES string of the molecule is O=C1OC/C1=C/Cl. The van der Waals surface area contributed by atoms with Crippen molar-refractivity contribution >= 4 is 17.6 Å². The predicted octanol–water partition coefficient (Wildman–Crippen LogP) is 0.666. The van der Waals surface area contributed by atoms with Crippen LogP contribution in [0.2, 0.25) is 0 Å². The smallest absolute Gasteiger partial charge is 0.338 e. The molecule has 1 heterocycles. The molecule has 1 fully saturated rings. The van der Waals surface area contributed by atoms with E-state index in [1.807, 2.05) is 0 Å². The van der Waals surface area contributed by atoms with Gasteiger partial charge in [0, 0.05) is 5.54 Å². The molecule has 0 amide bonds. The van der Waals surface area contributed by atoms with Crippen LogP contribution >= 0.6 is 11.6 Å². The van der Waals surface area contributed by atoms with E-state index in [2.05, 4.69) is 4.74 Å². The standard InChI is InChI=1S/C4H3ClO2/c5-1-3-2-7-4(3)6/h1H,2H2/b3-1-. The summed E-state index contributed by atoms with van der Waals surface area (Å²) in [5.74, 6) is -0.296. The number of esters is 1. The first-order chi connectivity index (χ1) is 3.34. The molecule has 1 aliphatic heterocycles. The van der Waals surface area contributed by atoms with E-state index in [0.29, 0.717) is 12.2 Å². The molecule has 0 spiro atoms. The number of hydrogen-bond donors (Lipinski definition) is 0. The monoisotopic (exact) mass is 118 g/mol. The van der Waals surface area contributed by atoms with Gasteiger partial charge in [-0.3, -0.25) is 0 Å². The van der Waals surface area contributed by atoms with Gasteiger partial charge < -0.3 is 4.74 Å². The Morgan fingerprint density at radius 2 is 2.57 bits per heavy atom. The van der Waals surface area contributed by atoms with Crippen molar-refractivity contribution in [3.8, 4) is 0 Å². The molecule has 0 aromatic rings. The van der Waals surface area contributed by atoms with Crippen LogP contribution in [0.4, 0.5) is 0 Å². The normalized spacial score (nSPS) is 24.1. The summed E-state index contributed by atoms with van der Waals surface area (Å²) in [6.07, 6.45) is 0. The van der Waals surface area contributed by atoms with Gasteiger partial charge in [0.25, 0.3) is 0 Å². The van der Waals surface area contributed by atoms with Gasteiger partial charge >= 0.3 is 5.97 Å². The second-order valence-corrected chi connectivity index (χ2v) is 1.43. The Morgan fingerprint density at radius 1 is 1.86 bits per heavy atom. The third-order valence-electron chi connectivity index (χ3n) is 0.753. The maximum Gasteiger partial charge on any atom is 0.338 e. The van der Waals surface area contributed by atoms with Gasteiger partial charge in [0.15, 0.2) is 0 Å². The molecule has 7 heavy (non-hydrogen) atoms. The Hall–Kier alpha value is -0.500. The van der Waals surface area contributed by atoms with Gasteiger partial charge in [0.2, 0.25) is 0 Å². The first-order valence-corrected chi connectivity index (χ1v) is 2.24. The van der Waals surface area contributed by atoms with E-state index in [0.717, 1.165) is 0 Å². The molecule has 0 unspecified atom stereocenters. The van der Waals surface area contributed by atoms with Crippen molar-refractivity contribution in [1.82, 2.24) is 0 Å². The van der Waals surface area contributed by atoms with E-state index in [1.165, 1.54) is 5.54 Å². The highest BCUT2D eigenvalue weighted by molar-refractivity contribution is 6.27. The number of carbonyl (C=O) groups excluding carboxylic acids is 1. The Labute approximate surface area is 45.7 Å². The van der Waals surface area contributed by atoms with Crippen molar-refractivity contribution < 1.29 is 9.53 Å². The number of halogens is 1. The van der Waals surface area contributed by atoms with E-state index in [1.54, 1.807) is 0 Å². The van der Waals surface area contributed by atoms with Crippen molar-refractivity contribution in [2.24, 2.45) is 0 Å². The van der Waals surface area contributed by atoms with Crippen LogP contribution < -0.4 is 0 Å². The average molecular weight is 119 g/mol. The van der Waals surface area contributed by atoms with Gasteiger partial charge in [-0.15, -0.1) is 0 Å². The summed E-state index contributed by atoms with van der Waals surface area (Å²) in [7, 11) is 0. The highest BCUT2D eigenvalue weighted by atomic mass is 35.5. The van der Waals surface area contributed by atoms with E-state index >= 15 is 0 Å². The summed E-state index contributed by atoms with van der Waals surface area (Å²) >= 11 is 5.14. The third kappa shape index (κ3) is 0.611. The molecule has 1 aliphatic rings. The minimum Gasteiger partial charge on any atom is -0.457 e. The number of rotatable bonds is 0.